The molecule has 0 spiro atoms. The molecule has 0 radical (unpaired) electrons. The van der Waals surface area contributed by atoms with E-state index >= 15 is 0 Å². The minimum Gasteiger partial charge on any atom is -0.338 e. The number of nitrogens with zero attached hydrogens (tertiary/aromatic N) is 2. The van der Waals surface area contributed by atoms with Crippen molar-refractivity contribution in [2.24, 2.45) is 11.8 Å². The van der Waals surface area contributed by atoms with Gasteiger partial charge in [-0.05, 0) is 49.7 Å². The van der Waals surface area contributed by atoms with Crippen molar-refractivity contribution in [2.75, 3.05) is 26.2 Å². The van der Waals surface area contributed by atoms with Crippen LogP contribution in [0.4, 0.5) is 0 Å². The fraction of sp³-hybridized carbons (Fsp3) is 0.600. The Morgan fingerprint density at radius 1 is 0.846 bits per heavy atom. The summed E-state index contributed by atoms with van der Waals surface area (Å²) in [4.78, 5) is 29.9. The van der Waals surface area contributed by atoms with E-state index in [1.807, 2.05) is 9.80 Å². The monoisotopic (exact) mass is 396 g/mol. The predicted octanol–water partition coefficient (Wildman–Crippen LogP) is 4.74. The number of carbonyl (C=O) groups is 2. The van der Waals surface area contributed by atoms with Crippen LogP contribution in [0.2, 0.25) is 10.0 Å². The highest BCUT2D eigenvalue weighted by Gasteiger charge is 2.30. The lowest BCUT2D eigenvalue weighted by Gasteiger charge is -2.33. The van der Waals surface area contributed by atoms with Crippen molar-refractivity contribution in [1.82, 2.24) is 9.80 Å². The first-order valence-corrected chi connectivity index (χ1v) is 10.2. The van der Waals surface area contributed by atoms with Gasteiger partial charge in [-0.2, -0.15) is 0 Å². The molecule has 3 rings (SSSR count). The van der Waals surface area contributed by atoms with Crippen molar-refractivity contribution >= 4 is 35.0 Å². The Morgan fingerprint density at radius 3 is 1.58 bits per heavy atom. The molecule has 2 amide bonds. The van der Waals surface area contributed by atoms with Crippen molar-refractivity contribution in [3.63, 3.8) is 0 Å². The summed E-state index contributed by atoms with van der Waals surface area (Å²) in [6.45, 7) is 7.17. The first-order chi connectivity index (χ1) is 12.4. The predicted molar refractivity (Wildman–Crippen MR) is 105 cm³/mol. The normalized spacial score (nSPS) is 23.8. The number of hydrogen-bond donors (Lipinski definition) is 0. The molecular weight excluding hydrogens is 371 g/mol. The number of amides is 2. The molecular formula is C20H26Cl2N2O2. The molecule has 4 nitrogen and oxygen atoms in total. The fourth-order valence-corrected chi connectivity index (χ4v) is 4.32. The highest BCUT2D eigenvalue weighted by molar-refractivity contribution is 6.42. The maximum absolute atomic E-state index is 13.1. The van der Waals surface area contributed by atoms with Crippen LogP contribution in [0, 0.1) is 11.8 Å². The van der Waals surface area contributed by atoms with Crippen LogP contribution in [0.5, 0.6) is 0 Å². The highest BCUT2D eigenvalue weighted by Crippen LogP contribution is 2.30. The van der Waals surface area contributed by atoms with E-state index in [1.54, 1.807) is 12.1 Å². The zero-order valence-electron chi connectivity index (χ0n) is 15.4. The smallest absolute Gasteiger partial charge is 0.254 e. The Hall–Kier alpha value is -1.26. The van der Waals surface area contributed by atoms with Crippen LogP contribution in [-0.2, 0) is 0 Å². The van der Waals surface area contributed by atoms with Gasteiger partial charge in [0, 0.05) is 26.2 Å². The molecule has 0 bridgehead atoms. The Kier molecular flexibility index (Phi) is 6.13. The Balaban J connectivity index is 1.92. The number of benzene rings is 1. The summed E-state index contributed by atoms with van der Waals surface area (Å²) in [6.07, 6.45) is 4.23. The summed E-state index contributed by atoms with van der Waals surface area (Å²) in [5.74, 6) is 0.696. The second-order valence-corrected chi connectivity index (χ2v) is 8.62. The van der Waals surface area contributed by atoms with Crippen LogP contribution in [0.15, 0.2) is 12.1 Å². The molecule has 26 heavy (non-hydrogen) atoms. The lowest BCUT2D eigenvalue weighted by atomic mass is 9.96. The fourth-order valence-electron chi connectivity index (χ4n) is 3.99. The lowest BCUT2D eigenvalue weighted by Crippen LogP contribution is -2.42. The quantitative estimate of drug-likeness (QED) is 0.724. The van der Waals surface area contributed by atoms with Gasteiger partial charge < -0.3 is 9.80 Å². The van der Waals surface area contributed by atoms with E-state index in [0.717, 1.165) is 38.8 Å². The molecule has 2 fully saturated rings. The second-order valence-electron chi connectivity index (χ2n) is 7.81. The largest absolute Gasteiger partial charge is 0.338 e. The average Bonchev–Trinajstić information content (AvgIpc) is 2.62. The minimum absolute atomic E-state index is 0.122. The molecule has 2 atom stereocenters. The molecule has 2 heterocycles. The molecule has 2 saturated heterocycles. The standard InChI is InChI=1S/C20H26Cl2N2O2/c1-13-5-3-7-23(11-13)19(25)15-9-17(21)18(22)10-16(15)20(26)24-8-4-6-14(2)12-24/h9-10,13-14H,3-8,11-12H2,1-2H3. The molecule has 2 aliphatic heterocycles. The van der Waals surface area contributed by atoms with Crippen molar-refractivity contribution in [2.45, 2.75) is 39.5 Å². The van der Waals surface area contributed by atoms with E-state index in [1.165, 1.54) is 0 Å². The van der Waals surface area contributed by atoms with Gasteiger partial charge in [0.15, 0.2) is 0 Å². The summed E-state index contributed by atoms with van der Waals surface area (Å²) >= 11 is 12.4. The van der Waals surface area contributed by atoms with E-state index in [9.17, 15) is 9.59 Å². The van der Waals surface area contributed by atoms with Gasteiger partial charge in [-0.15, -0.1) is 0 Å². The number of rotatable bonds is 2. The molecule has 1 aromatic carbocycles. The summed E-state index contributed by atoms with van der Waals surface area (Å²) in [5.41, 5.74) is 0.744. The van der Waals surface area contributed by atoms with Crippen LogP contribution in [0.1, 0.15) is 60.2 Å². The van der Waals surface area contributed by atoms with Gasteiger partial charge in [-0.25, -0.2) is 0 Å². The van der Waals surface area contributed by atoms with Gasteiger partial charge in [-0.3, -0.25) is 9.59 Å². The molecule has 0 aliphatic carbocycles. The topological polar surface area (TPSA) is 40.6 Å². The SMILES string of the molecule is CC1CCCN(C(=O)c2cc(Cl)c(Cl)cc2C(=O)N2CCCC(C)C2)C1. The van der Waals surface area contributed by atoms with Crippen LogP contribution in [0.3, 0.4) is 0 Å². The Labute approximate surface area is 165 Å². The Morgan fingerprint density at radius 2 is 1.23 bits per heavy atom. The first kappa shape index (κ1) is 19.5. The van der Waals surface area contributed by atoms with Crippen LogP contribution < -0.4 is 0 Å². The van der Waals surface area contributed by atoms with E-state index < -0.39 is 0 Å². The van der Waals surface area contributed by atoms with E-state index in [0.29, 0.717) is 46.1 Å². The third kappa shape index (κ3) is 4.17. The van der Waals surface area contributed by atoms with E-state index in [4.69, 9.17) is 23.2 Å². The van der Waals surface area contributed by atoms with Crippen molar-refractivity contribution in [1.29, 1.82) is 0 Å². The van der Waals surface area contributed by atoms with Gasteiger partial charge in [0.25, 0.3) is 11.8 Å². The summed E-state index contributed by atoms with van der Waals surface area (Å²) in [5, 5.41) is 0.618. The van der Waals surface area contributed by atoms with Crippen LogP contribution in [0.25, 0.3) is 0 Å². The third-order valence-electron chi connectivity index (χ3n) is 5.41. The number of likely N-dealkylation sites (tertiary alicyclic amines) is 2. The molecule has 6 heteroatoms. The minimum atomic E-state index is -0.122. The zero-order valence-corrected chi connectivity index (χ0v) is 16.9. The summed E-state index contributed by atoms with van der Waals surface area (Å²) in [6, 6.07) is 3.12. The zero-order chi connectivity index (χ0) is 18.8. The van der Waals surface area contributed by atoms with Crippen LogP contribution >= 0.6 is 23.2 Å². The highest BCUT2D eigenvalue weighted by atomic mass is 35.5. The van der Waals surface area contributed by atoms with Crippen molar-refractivity contribution in [3.8, 4) is 0 Å². The maximum Gasteiger partial charge on any atom is 0.254 e. The summed E-state index contributed by atoms with van der Waals surface area (Å²) < 4.78 is 0. The molecule has 0 N–H and O–H groups in total. The number of carbonyl (C=O) groups excluding carboxylic acids is 2. The van der Waals surface area contributed by atoms with Crippen molar-refractivity contribution in [3.05, 3.63) is 33.3 Å². The second kappa shape index (κ2) is 8.18. The maximum atomic E-state index is 13.1. The van der Waals surface area contributed by atoms with Gasteiger partial charge in [-0.1, -0.05) is 37.0 Å². The molecule has 1 aromatic rings. The van der Waals surface area contributed by atoms with Gasteiger partial charge in [0.05, 0.1) is 21.2 Å². The number of hydrogen-bond acceptors (Lipinski definition) is 2. The Bertz CT molecular complexity index is 648. The average molecular weight is 397 g/mol. The lowest BCUT2D eigenvalue weighted by molar-refractivity contribution is 0.0644. The molecule has 2 aliphatic rings. The number of piperidine rings is 2. The first-order valence-electron chi connectivity index (χ1n) is 9.44. The van der Waals surface area contributed by atoms with Crippen molar-refractivity contribution < 1.29 is 9.59 Å². The molecule has 0 aromatic heterocycles. The van der Waals surface area contributed by atoms with E-state index in [-0.39, 0.29) is 11.8 Å². The van der Waals surface area contributed by atoms with Gasteiger partial charge in [0.1, 0.15) is 0 Å². The van der Waals surface area contributed by atoms with E-state index in [2.05, 4.69) is 13.8 Å². The number of halogens is 2. The molecule has 142 valence electrons. The van der Waals surface area contributed by atoms with Crippen LogP contribution in [-0.4, -0.2) is 47.8 Å². The molecule has 2 unspecified atom stereocenters. The third-order valence-corrected chi connectivity index (χ3v) is 6.13. The summed E-state index contributed by atoms with van der Waals surface area (Å²) in [7, 11) is 0. The molecule has 0 saturated carbocycles. The van der Waals surface area contributed by atoms with Gasteiger partial charge >= 0.3 is 0 Å². The van der Waals surface area contributed by atoms with Gasteiger partial charge in [0.2, 0.25) is 0 Å².